The third kappa shape index (κ3) is 4.48. The van der Waals surface area contributed by atoms with Gasteiger partial charge < -0.3 is 15.1 Å². The first-order valence-corrected chi connectivity index (χ1v) is 11.1. The lowest BCUT2D eigenvalue weighted by Crippen LogP contribution is -2.60. The van der Waals surface area contributed by atoms with E-state index in [4.69, 9.17) is 0 Å². The number of likely N-dealkylation sites (N-methyl/N-ethyl adjacent to an activating group) is 1. The Labute approximate surface area is 154 Å². The van der Waals surface area contributed by atoms with Crippen molar-refractivity contribution in [2.45, 2.75) is 62.7 Å². The SMILES string of the molecule is CN=C(NCC1(N(C)C)CCCCCC1)N1CCS(=O)(=O)C(C)(C)C1. The molecule has 0 amide bonds. The maximum absolute atomic E-state index is 12.2. The summed E-state index contributed by atoms with van der Waals surface area (Å²) in [5.74, 6) is 1.02. The Morgan fingerprint density at radius 3 is 2.24 bits per heavy atom. The Hall–Kier alpha value is -0.820. The lowest BCUT2D eigenvalue weighted by molar-refractivity contribution is 0.131. The van der Waals surface area contributed by atoms with Crippen LogP contribution in [0.25, 0.3) is 0 Å². The zero-order valence-corrected chi connectivity index (χ0v) is 17.5. The van der Waals surface area contributed by atoms with E-state index in [1.165, 1.54) is 38.5 Å². The summed E-state index contributed by atoms with van der Waals surface area (Å²) < 4.78 is 23.8. The number of aliphatic imine (C=N–C) groups is 1. The fraction of sp³-hybridized carbons (Fsp3) is 0.944. The quantitative estimate of drug-likeness (QED) is 0.464. The molecule has 0 aromatic rings. The maximum Gasteiger partial charge on any atom is 0.193 e. The van der Waals surface area contributed by atoms with Crippen molar-refractivity contribution in [1.82, 2.24) is 15.1 Å². The molecule has 0 unspecified atom stereocenters. The molecule has 1 aliphatic heterocycles. The van der Waals surface area contributed by atoms with Crippen LogP contribution in [0.2, 0.25) is 0 Å². The van der Waals surface area contributed by atoms with Gasteiger partial charge in [-0.1, -0.05) is 25.7 Å². The zero-order chi connectivity index (χ0) is 18.7. The molecule has 1 N–H and O–H groups in total. The lowest BCUT2D eigenvalue weighted by atomic mass is 9.88. The van der Waals surface area contributed by atoms with Gasteiger partial charge in [0.05, 0.1) is 10.5 Å². The summed E-state index contributed by atoms with van der Waals surface area (Å²) in [6, 6.07) is 0. The molecule has 7 heteroatoms. The molecule has 0 spiro atoms. The highest BCUT2D eigenvalue weighted by molar-refractivity contribution is 7.92. The van der Waals surface area contributed by atoms with E-state index in [2.05, 4.69) is 34.2 Å². The van der Waals surface area contributed by atoms with Crippen LogP contribution in [-0.2, 0) is 9.84 Å². The number of guanidine groups is 1. The van der Waals surface area contributed by atoms with E-state index in [1.54, 1.807) is 7.05 Å². The van der Waals surface area contributed by atoms with Crippen molar-refractivity contribution in [3.63, 3.8) is 0 Å². The van der Waals surface area contributed by atoms with Gasteiger partial charge in [0.25, 0.3) is 0 Å². The average Bonchev–Trinajstić information content (AvgIpc) is 2.78. The molecule has 1 saturated carbocycles. The van der Waals surface area contributed by atoms with Crippen molar-refractivity contribution in [3.05, 3.63) is 0 Å². The van der Waals surface area contributed by atoms with Crippen molar-refractivity contribution >= 4 is 15.8 Å². The second-order valence-corrected chi connectivity index (χ2v) is 11.2. The molecule has 2 rings (SSSR count). The first-order valence-electron chi connectivity index (χ1n) is 9.49. The average molecular weight is 373 g/mol. The third-order valence-corrected chi connectivity index (χ3v) is 8.65. The Morgan fingerprint density at radius 2 is 1.76 bits per heavy atom. The van der Waals surface area contributed by atoms with E-state index >= 15 is 0 Å². The first kappa shape index (κ1) is 20.5. The maximum atomic E-state index is 12.2. The van der Waals surface area contributed by atoms with Gasteiger partial charge in [0.2, 0.25) is 0 Å². The van der Waals surface area contributed by atoms with Crippen molar-refractivity contribution in [2.75, 3.05) is 46.5 Å². The molecule has 25 heavy (non-hydrogen) atoms. The number of nitrogens with one attached hydrogen (secondary N) is 1. The standard InChI is InChI=1S/C18H36N4O2S/c1-17(2)15-22(12-13-25(17,23)24)16(19-3)20-14-18(21(4)5)10-8-6-7-9-11-18/h6-15H2,1-5H3,(H,19,20). The molecule has 6 nitrogen and oxygen atoms in total. The minimum atomic E-state index is -3.03. The largest absolute Gasteiger partial charge is 0.354 e. The number of rotatable bonds is 3. The zero-order valence-electron chi connectivity index (χ0n) is 16.6. The van der Waals surface area contributed by atoms with Crippen LogP contribution in [0.3, 0.4) is 0 Å². The van der Waals surface area contributed by atoms with E-state index in [0.717, 1.165) is 12.5 Å². The Kier molecular flexibility index (Phi) is 6.41. The van der Waals surface area contributed by atoms with Gasteiger partial charge in [0.1, 0.15) is 0 Å². The van der Waals surface area contributed by atoms with Gasteiger partial charge in [-0.3, -0.25) is 4.99 Å². The predicted octanol–water partition coefficient (Wildman–Crippen LogP) is 1.73. The van der Waals surface area contributed by atoms with E-state index in [9.17, 15) is 8.42 Å². The van der Waals surface area contributed by atoms with Crippen LogP contribution < -0.4 is 5.32 Å². The number of hydrogen-bond donors (Lipinski definition) is 1. The van der Waals surface area contributed by atoms with E-state index in [1.807, 2.05) is 13.8 Å². The van der Waals surface area contributed by atoms with Crippen LogP contribution in [0.5, 0.6) is 0 Å². The monoisotopic (exact) mass is 372 g/mol. The Balaban J connectivity index is 2.07. The molecular weight excluding hydrogens is 336 g/mol. The van der Waals surface area contributed by atoms with Crippen LogP contribution in [0.4, 0.5) is 0 Å². The van der Waals surface area contributed by atoms with Crippen LogP contribution >= 0.6 is 0 Å². The molecule has 1 saturated heterocycles. The van der Waals surface area contributed by atoms with Gasteiger partial charge in [0, 0.05) is 32.2 Å². The molecule has 0 radical (unpaired) electrons. The molecular formula is C18H36N4O2S. The van der Waals surface area contributed by atoms with Crippen molar-refractivity contribution in [3.8, 4) is 0 Å². The third-order valence-electron chi connectivity index (χ3n) is 6.11. The van der Waals surface area contributed by atoms with Crippen molar-refractivity contribution in [2.24, 2.45) is 4.99 Å². The summed E-state index contributed by atoms with van der Waals surface area (Å²) >= 11 is 0. The van der Waals surface area contributed by atoms with E-state index in [-0.39, 0.29) is 11.3 Å². The molecule has 0 atom stereocenters. The van der Waals surface area contributed by atoms with Gasteiger partial charge in [-0.2, -0.15) is 0 Å². The summed E-state index contributed by atoms with van der Waals surface area (Å²) in [6.07, 6.45) is 7.58. The minimum absolute atomic E-state index is 0.157. The number of hydrogen-bond acceptors (Lipinski definition) is 4. The second-order valence-electron chi connectivity index (χ2n) is 8.43. The summed E-state index contributed by atoms with van der Waals surface area (Å²) in [7, 11) is 3.10. The van der Waals surface area contributed by atoms with Crippen LogP contribution in [0.1, 0.15) is 52.4 Å². The lowest BCUT2D eigenvalue weighted by Gasteiger charge is -2.43. The topological polar surface area (TPSA) is 65.0 Å². The normalized spacial score (nSPS) is 26.3. The summed E-state index contributed by atoms with van der Waals surface area (Å²) in [4.78, 5) is 8.90. The molecule has 2 aliphatic rings. The van der Waals surface area contributed by atoms with Gasteiger partial charge in [-0.25, -0.2) is 8.42 Å². The Morgan fingerprint density at radius 1 is 1.16 bits per heavy atom. The molecule has 146 valence electrons. The summed E-state index contributed by atoms with van der Waals surface area (Å²) in [5.41, 5.74) is 0.157. The fourth-order valence-electron chi connectivity index (χ4n) is 4.07. The summed E-state index contributed by atoms with van der Waals surface area (Å²) in [6.45, 7) is 5.49. The second kappa shape index (κ2) is 7.82. The van der Waals surface area contributed by atoms with E-state index < -0.39 is 14.6 Å². The van der Waals surface area contributed by atoms with Crippen molar-refractivity contribution in [1.29, 1.82) is 0 Å². The van der Waals surface area contributed by atoms with Crippen molar-refractivity contribution < 1.29 is 8.42 Å². The van der Waals surface area contributed by atoms with Crippen LogP contribution in [-0.4, -0.2) is 81.0 Å². The van der Waals surface area contributed by atoms with Crippen LogP contribution in [0, 0.1) is 0 Å². The smallest absolute Gasteiger partial charge is 0.193 e. The fourth-order valence-corrected chi connectivity index (χ4v) is 5.43. The Bertz CT molecular complexity index is 576. The van der Waals surface area contributed by atoms with Gasteiger partial charge in [0.15, 0.2) is 15.8 Å². The molecule has 0 bridgehead atoms. The van der Waals surface area contributed by atoms with Gasteiger partial charge in [-0.05, 0) is 40.8 Å². The molecule has 0 aromatic carbocycles. The highest BCUT2D eigenvalue weighted by Gasteiger charge is 2.41. The summed E-state index contributed by atoms with van der Waals surface area (Å²) in [5, 5.41) is 3.56. The van der Waals surface area contributed by atoms with Gasteiger partial charge >= 0.3 is 0 Å². The first-order chi connectivity index (χ1) is 11.6. The highest BCUT2D eigenvalue weighted by Crippen LogP contribution is 2.31. The minimum Gasteiger partial charge on any atom is -0.354 e. The van der Waals surface area contributed by atoms with Crippen LogP contribution in [0.15, 0.2) is 4.99 Å². The highest BCUT2D eigenvalue weighted by atomic mass is 32.2. The molecule has 0 aromatic heterocycles. The molecule has 1 aliphatic carbocycles. The number of sulfone groups is 1. The van der Waals surface area contributed by atoms with Gasteiger partial charge in [-0.15, -0.1) is 0 Å². The molecule has 1 heterocycles. The molecule has 2 fully saturated rings. The number of nitrogens with zero attached hydrogens (tertiary/aromatic N) is 3. The predicted molar refractivity (Wildman–Crippen MR) is 105 cm³/mol. The van der Waals surface area contributed by atoms with E-state index in [0.29, 0.717) is 13.1 Å².